The lowest BCUT2D eigenvalue weighted by Gasteiger charge is -2.20. The maximum absolute atomic E-state index is 13.2. The van der Waals surface area contributed by atoms with E-state index in [2.05, 4.69) is 5.32 Å². The average Bonchev–Trinajstić information content (AvgIpc) is 2.48. The Labute approximate surface area is 125 Å². The molecule has 108 valence electrons. The van der Waals surface area contributed by atoms with E-state index in [1.807, 2.05) is 0 Å². The molecule has 4 nitrogen and oxygen atoms in total. The molecular formula is C15H11ClFNO3. The van der Waals surface area contributed by atoms with Gasteiger partial charge < -0.3 is 15.2 Å². The van der Waals surface area contributed by atoms with Crippen molar-refractivity contribution in [2.75, 3.05) is 11.9 Å². The molecule has 0 spiro atoms. The number of rotatable bonds is 2. The number of benzene rings is 2. The Morgan fingerprint density at radius 3 is 2.71 bits per heavy atom. The third-order valence-electron chi connectivity index (χ3n) is 3.21. The van der Waals surface area contributed by atoms with Crippen LogP contribution in [0.25, 0.3) is 0 Å². The Balaban J connectivity index is 1.94. The molecule has 2 aromatic carbocycles. The predicted molar refractivity (Wildman–Crippen MR) is 76.0 cm³/mol. The number of ether oxygens (including phenoxy) is 1. The number of halogens is 2. The lowest BCUT2D eigenvalue weighted by atomic mass is 10.0. The summed E-state index contributed by atoms with van der Waals surface area (Å²) in [6, 6.07) is 8.99. The highest BCUT2D eigenvalue weighted by Gasteiger charge is 2.19. The van der Waals surface area contributed by atoms with E-state index in [1.54, 1.807) is 18.2 Å². The Kier molecular flexibility index (Phi) is 3.53. The fourth-order valence-electron chi connectivity index (χ4n) is 2.15. The molecule has 0 fully saturated rings. The fourth-order valence-corrected chi connectivity index (χ4v) is 2.33. The zero-order valence-corrected chi connectivity index (χ0v) is 11.5. The Bertz CT molecular complexity index is 720. The summed E-state index contributed by atoms with van der Waals surface area (Å²) in [5.74, 6) is -0.250. The molecular weight excluding hydrogens is 297 g/mol. The molecule has 0 aromatic heterocycles. The van der Waals surface area contributed by atoms with Crippen LogP contribution in [0.5, 0.6) is 5.75 Å². The molecule has 0 bridgehead atoms. The molecule has 2 aromatic rings. The Hall–Kier alpha value is -2.11. The highest BCUT2D eigenvalue weighted by atomic mass is 35.5. The lowest BCUT2D eigenvalue weighted by molar-refractivity contribution is -0.118. The van der Waals surface area contributed by atoms with E-state index in [-0.39, 0.29) is 17.5 Å². The summed E-state index contributed by atoms with van der Waals surface area (Å²) in [4.78, 5) is 11.3. The summed E-state index contributed by atoms with van der Waals surface area (Å²) >= 11 is 5.72. The van der Waals surface area contributed by atoms with Gasteiger partial charge in [0.25, 0.3) is 5.91 Å². The zero-order valence-electron chi connectivity index (χ0n) is 10.8. The number of hydrogen-bond donors (Lipinski definition) is 2. The quantitative estimate of drug-likeness (QED) is 0.897. The van der Waals surface area contributed by atoms with Gasteiger partial charge in [-0.3, -0.25) is 4.79 Å². The van der Waals surface area contributed by atoms with Gasteiger partial charge in [0.15, 0.2) is 6.61 Å². The van der Waals surface area contributed by atoms with Gasteiger partial charge in [-0.1, -0.05) is 23.7 Å². The van der Waals surface area contributed by atoms with Crippen LogP contribution in [-0.4, -0.2) is 17.6 Å². The third kappa shape index (κ3) is 2.70. The summed E-state index contributed by atoms with van der Waals surface area (Å²) in [7, 11) is 0. The largest absolute Gasteiger partial charge is 0.482 e. The summed E-state index contributed by atoms with van der Waals surface area (Å²) in [5.41, 5.74) is 1.50. The smallest absolute Gasteiger partial charge is 0.262 e. The molecule has 0 saturated heterocycles. The van der Waals surface area contributed by atoms with Gasteiger partial charge in [-0.05, 0) is 35.4 Å². The van der Waals surface area contributed by atoms with Crippen LogP contribution in [0.4, 0.5) is 10.1 Å². The van der Waals surface area contributed by atoms with Crippen molar-refractivity contribution in [2.45, 2.75) is 6.10 Å². The van der Waals surface area contributed by atoms with Crippen molar-refractivity contribution in [2.24, 2.45) is 0 Å². The molecule has 2 N–H and O–H groups in total. The number of anilines is 1. The molecule has 0 aliphatic carbocycles. The van der Waals surface area contributed by atoms with Crippen LogP contribution in [0.15, 0.2) is 36.4 Å². The van der Waals surface area contributed by atoms with Gasteiger partial charge in [-0.2, -0.15) is 0 Å². The maximum atomic E-state index is 13.2. The fraction of sp³-hybridized carbons (Fsp3) is 0.133. The number of carbonyl (C=O) groups is 1. The Morgan fingerprint density at radius 2 is 1.95 bits per heavy atom. The second-order valence-corrected chi connectivity index (χ2v) is 5.08. The summed E-state index contributed by atoms with van der Waals surface area (Å²) in [6.45, 7) is -0.0253. The minimum absolute atomic E-state index is 0.0253. The van der Waals surface area contributed by atoms with Crippen molar-refractivity contribution in [1.82, 2.24) is 0 Å². The van der Waals surface area contributed by atoms with E-state index in [9.17, 15) is 14.3 Å². The van der Waals surface area contributed by atoms with Crippen molar-refractivity contribution >= 4 is 23.2 Å². The average molecular weight is 308 g/mol. The second-order valence-electron chi connectivity index (χ2n) is 4.67. The van der Waals surface area contributed by atoms with Gasteiger partial charge in [-0.15, -0.1) is 0 Å². The van der Waals surface area contributed by atoms with E-state index < -0.39 is 11.9 Å². The number of nitrogens with one attached hydrogen (secondary N) is 1. The molecule has 3 rings (SSSR count). The van der Waals surface area contributed by atoms with Crippen molar-refractivity contribution < 1.29 is 19.0 Å². The first-order valence-corrected chi connectivity index (χ1v) is 6.62. The van der Waals surface area contributed by atoms with Crippen LogP contribution in [-0.2, 0) is 4.79 Å². The van der Waals surface area contributed by atoms with Crippen molar-refractivity contribution in [1.29, 1.82) is 0 Å². The molecule has 1 amide bonds. The zero-order chi connectivity index (χ0) is 15.0. The lowest BCUT2D eigenvalue weighted by Crippen LogP contribution is -2.25. The third-order valence-corrected chi connectivity index (χ3v) is 3.50. The van der Waals surface area contributed by atoms with Crippen molar-refractivity contribution in [3.05, 3.63) is 58.4 Å². The highest BCUT2D eigenvalue weighted by molar-refractivity contribution is 6.30. The number of aliphatic hydroxyl groups is 1. The van der Waals surface area contributed by atoms with Crippen LogP contribution < -0.4 is 10.1 Å². The Morgan fingerprint density at radius 1 is 1.24 bits per heavy atom. The molecule has 1 aliphatic rings. The van der Waals surface area contributed by atoms with Gasteiger partial charge in [0.2, 0.25) is 0 Å². The first-order valence-electron chi connectivity index (χ1n) is 6.24. The number of amides is 1. The van der Waals surface area contributed by atoms with Gasteiger partial charge in [-0.25, -0.2) is 4.39 Å². The molecule has 21 heavy (non-hydrogen) atoms. The molecule has 1 atom stereocenters. The molecule has 0 saturated carbocycles. The van der Waals surface area contributed by atoms with E-state index in [0.717, 1.165) is 0 Å². The maximum Gasteiger partial charge on any atom is 0.262 e. The number of carbonyl (C=O) groups excluding carboxylic acids is 1. The second kappa shape index (κ2) is 5.35. The normalized spacial score (nSPS) is 14.9. The molecule has 1 unspecified atom stereocenters. The van der Waals surface area contributed by atoms with Crippen molar-refractivity contribution in [3.8, 4) is 5.75 Å². The standard InChI is InChI=1S/C15H11ClFNO3/c16-10-5-8(1-3-11(10)17)15(20)9-2-4-13-12(6-9)18-14(19)7-21-13/h1-6,15,20H,7H2,(H,18,19). The van der Waals surface area contributed by atoms with Crippen LogP contribution in [0, 0.1) is 5.82 Å². The van der Waals surface area contributed by atoms with Crippen LogP contribution in [0.2, 0.25) is 5.02 Å². The minimum atomic E-state index is -0.979. The first kappa shape index (κ1) is 13.9. The minimum Gasteiger partial charge on any atom is -0.482 e. The van der Waals surface area contributed by atoms with E-state index in [4.69, 9.17) is 16.3 Å². The van der Waals surface area contributed by atoms with Crippen LogP contribution in [0.1, 0.15) is 17.2 Å². The van der Waals surface area contributed by atoms with E-state index in [1.165, 1.54) is 18.2 Å². The summed E-state index contributed by atoms with van der Waals surface area (Å²) in [6.07, 6.45) is -0.979. The van der Waals surface area contributed by atoms with Gasteiger partial charge in [0, 0.05) is 0 Å². The van der Waals surface area contributed by atoms with E-state index >= 15 is 0 Å². The van der Waals surface area contributed by atoms with Gasteiger partial charge in [0.05, 0.1) is 10.7 Å². The summed E-state index contributed by atoms with van der Waals surface area (Å²) < 4.78 is 18.4. The molecule has 0 radical (unpaired) electrons. The molecule has 1 heterocycles. The number of hydrogen-bond acceptors (Lipinski definition) is 3. The van der Waals surface area contributed by atoms with Crippen molar-refractivity contribution in [3.63, 3.8) is 0 Å². The number of fused-ring (bicyclic) bond motifs is 1. The first-order chi connectivity index (χ1) is 10.0. The topological polar surface area (TPSA) is 58.6 Å². The van der Waals surface area contributed by atoms with Gasteiger partial charge in [0.1, 0.15) is 17.7 Å². The van der Waals surface area contributed by atoms with E-state index in [0.29, 0.717) is 22.6 Å². The summed E-state index contributed by atoms with van der Waals surface area (Å²) in [5, 5.41) is 13.0. The predicted octanol–water partition coefficient (Wildman–Crippen LogP) is 2.89. The molecule has 6 heteroatoms. The number of aliphatic hydroxyl groups excluding tert-OH is 1. The van der Waals surface area contributed by atoms with Crippen LogP contribution >= 0.6 is 11.6 Å². The molecule has 1 aliphatic heterocycles. The SMILES string of the molecule is O=C1COc2ccc(C(O)c3ccc(F)c(Cl)c3)cc2N1. The highest BCUT2D eigenvalue weighted by Crippen LogP contribution is 2.33. The van der Waals surface area contributed by atoms with Gasteiger partial charge >= 0.3 is 0 Å². The monoisotopic (exact) mass is 307 g/mol. The van der Waals surface area contributed by atoms with Crippen LogP contribution in [0.3, 0.4) is 0 Å².